The molecule has 0 aliphatic rings. The van der Waals surface area contributed by atoms with Crippen molar-refractivity contribution in [3.8, 4) is 0 Å². The number of hydrogen-bond donors (Lipinski definition) is 0. The summed E-state index contributed by atoms with van der Waals surface area (Å²) in [5.41, 5.74) is 3.43. The second kappa shape index (κ2) is 6.72. The van der Waals surface area contributed by atoms with Crippen molar-refractivity contribution >= 4 is 33.4 Å². The third kappa shape index (κ3) is 3.23. The molecule has 0 spiro atoms. The SMILES string of the molecule is Cc1cccc2nc(CCCl)n(CCC(C)S(C)=O)c12. The molecule has 0 fully saturated rings. The molecular formula is C15H21ClN2OS. The van der Waals surface area contributed by atoms with Crippen LogP contribution in [0.3, 0.4) is 0 Å². The first-order chi connectivity index (χ1) is 9.54. The fraction of sp³-hybridized carbons (Fsp3) is 0.533. The highest BCUT2D eigenvalue weighted by molar-refractivity contribution is 7.84. The minimum atomic E-state index is -0.781. The zero-order chi connectivity index (χ0) is 14.7. The molecule has 2 rings (SSSR count). The van der Waals surface area contributed by atoms with E-state index in [0.29, 0.717) is 5.88 Å². The molecule has 0 bridgehead atoms. The van der Waals surface area contributed by atoms with Crippen LogP contribution in [0.25, 0.3) is 11.0 Å². The second-order valence-corrected chi connectivity index (χ2v) is 7.34. The Morgan fingerprint density at radius 3 is 2.85 bits per heavy atom. The van der Waals surface area contributed by atoms with Crippen LogP contribution in [0, 0.1) is 6.92 Å². The van der Waals surface area contributed by atoms with E-state index >= 15 is 0 Å². The molecule has 1 aromatic carbocycles. The zero-order valence-electron chi connectivity index (χ0n) is 12.2. The Balaban J connectivity index is 2.37. The number of benzene rings is 1. The molecule has 2 unspecified atom stereocenters. The van der Waals surface area contributed by atoms with E-state index in [2.05, 4.69) is 22.5 Å². The highest BCUT2D eigenvalue weighted by atomic mass is 35.5. The van der Waals surface area contributed by atoms with Gasteiger partial charge in [0.25, 0.3) is 0 Å². The van der Waals surface area contributed by atoms with Crippen molar-refractivity contribution in [1.29, 1.82) is 0 Å². The Morgan fingerprint density at radius 2 is 2.20 bits per heavy atom. The summed E-state index contributed by atoms with van der Waals surface area (Å²) in [5.74, 6) is 1.59. The number of alkyl halides is 1. The van der Waals surface area contributed by atoms with Crippen LogP contribution < -0.4 is 0 Å². The lowest BCUT2D eigenvalue weighted by molar-refractivity contribution is 0.611. The van der Waals surface area contributed by atoms with E-state index in [1.807, 2.05) is 19.1 Å². The van der Waals surface area contributed by atoms with Gasteiger partial charge in [-0.15, -0.1) is 11.6 Å². The van der Waals surface area contributed by atoms with Gasteiger partial charge in [-0.25, -0.2) is 4.98 Å². The maximum Gasteiger partial charge on any atom is 0.111 e. The summed E-state index contributed by atoms with van der Waals surface area (Å²) in [7, 11) is -0.781. The van der Waals surface area contributed by atoms with Crippen LogP contribution in [0.5, 0.6) is 0 Å². The highest BCUT2D eigenvalue weighted by Crippen LogP contribution is 2.21. The van der Waals surface area contributed by atoms with Crippen LogP contribution in [0.15, 0.2) is 18.2 Å². The predicted octanol–water partition coefficient (Wildman–Crippen LogP) is 3.28. The molecule has 0 aliphatic heterocycles. The fourth-order valence-corrected chi connectivity index (χ4v) is 3.01. The largest absolute Gasteiger partial charge is 0.328 e. The molecule has 5 heteroatoms. The Hall–Kier alpha value is -0.870. The minimum absolute atomic E-state index is 0.195. The number of aromatic nitrogens is 2. The van der Waals surface area contributed by atoms with Crippen molar-refractivity contribution in [3.63, 3.8) is 0 Å². The molecule has 20 heavy (non-hydrogen) atoms. The normalized spacial score (nSPS) is 14.6. The number of fused-ring (bicyclic) bond motifs is 1. The van der Waals surface area contributed by atoms with E-state index in [0.717, 1.165) is 30.7 Å². The lowest BCUT2D eigenvalue weighted by Crippen LogP contribution is -2.14. The molecular weight excluding hydrogens is 292 g/mol. The monoisotopic (exact) mass is 312 g/mol. The van der Waals surface area contributed by atoms with Crippen molar-refractivity contribution in [2.45, 2.75) is 38.5 Å². The second-order valence-electron chi connectivity index (χ2n) is 5.16. The molecule has 2 atom stereocenters. The summed E-state index contributed by atoms with van der Waals surface area (Å²) >= 11 is 5.89. The molecule has 3 nitrogen and oxygen atoms in total. The molecule has 0 N–H and O–H groups in total. The topological polar surface area (TPSA) is 34.9 Å². The van der Waals surface area contributed by atoms with Crippen LogP contribution >= 0.6 is 11.6 Å². The number of rotatable bonds is 6. The van der Waals surface area contributed by atoms with Gasteiger partial charge in [0.15, 0.2) is 0 Å². The summed E-state index contributed by atoms with van der Waals surface area (Å²) in [6.07, 6.45) is 3.42. The summed E-state index contributed by atoms with van der Waals surface area (Å²) in [4.78, 5) is 4.69. The molecule has 0 radical (unpaired) electrons. The van der Waals surface area contributed by atoms with Crippen LogP contribution in [0.4, 0.5) is 0 Å². The summed E-state index contributed by atoms with van der Waals surface area (Å²) < 4.78 is 13.8. The number of aryl methyl sites for hydroxylation is 3. The zero-order valence-corrected chi connectivity index (χ0v) is 13.8. The fourth-order valence-electron chi connectivity index (χ4n) is 2.41. The van der Waals surface area contributed by atoms with Gasteiger partial charge in [0, 0.05) is 41.2 Å². The third-order valence-corrected chi connectivity index (χ3v) is 5.25. The van der Waals surface area contributed by atoms with E-state index in [1.54, 1.807) is 6.26 Å². The van der Waals surface area contributed by atoms with E-state index in [4.69, 9.17) is 11.6 Å². The van der Waals surface area contributed by atoms with Crippen molar-refractivity contribution in [3.05, 3.63) is 29.6 Å². The minimum Gasteiger partial charge on any atom is -0.328 e. The Bertz CT molecular complexity index is 624. The van der Waals surface area contributed by atoms with E-state index in [-0.39, 0.29) is 5.25 Å². The third-order valence-electron chi connectivity index (χ3n) is 3.69. The van der Waals surface area contributed by atoms with Crippen LogP contribution in [-0.4, -0.2) is 31.1 Å². The van der Waals surface area contributed by atoms with Crippen molar-refractivity contribution < 1.29 is 4.21 Å². The van der Waals surface area contributed by atoms with Crippen molar-refractivity contribution in [2.24, 2.45) is 0 Å². The maximum atomic E-state index is 11.5. The van der Waals surface area contributed by atoms with Gasteiger partial charge < -0.3 is 4.57 Å². The van der Waals surface area contributed by atoms with E-state index < -0.39 is 10.8 Å². The molecule has 2 aromatic rings. The number of imidazole rings is 1. The van der Waals surface area contributed by atoms with E-state index in [9.17, 15) is 4.21 Å². The van der Waals surface area contributed by atoms with Gasteiger partial charge in [-0.2, -0.15) is 0 Å². The lowest BCUT2D eigenvalue weighted by Gasteiger charge is -2.13. The number of halogens is 1. The Morgan fingerprint density at radius 1 is 1.45 bits per heavy atom. The maximum absolute atomic E-state index is 11.5. The van der Waals surface area contributed by atoms with Crippen LogP contribution in [0.2, 0.25) is 0 Å². The Kier molecular flexibility index (Phi) is 5.22. The molecule has 1 heterocycles. The standard InChI is InChI=1S/C15H21ClN2OS/c1-11-5-4-6-13-15(11)18(14(17-13)7-9-16)10-8-12(2)20(3)19/h4-6,12H,7-10H2,1-3H3. The molecule has 0 aliphatic carbocycles. The van der Waals surface area contributed by atoms with Crippen molar-refractivity contribution in [2.75, 3.05) is 12.1 Å². The first-order valence-electron chi connectivity index (χ1n) is 6.87. The lowest BCUT2D eigenvalue weighted by atomic mass is 10.2. The Labute approximate surface area is 127 Å². The molecule has 0 amide bonds. The molecule has 0 saturated carbocycles. The van der Waals surface area contributed by atoms with Gasteiger partial charge in [0.05, 0.1) is 11.0 Å². The average Bonchev–Trinajstić information content (AvgIpc) is 2.75. The quantitative estimate of drug-likeness (QED) is 0.767. The first kappa shape index (κ1) is 15.5. The molecule has 1 aromatic heterocycles. The highest BCUT2D eigenvalue weighted by Gasteiger charge is 2.14. The smallest absolute Gasteiger partial charge is 0.111 e. The van der Waals surface area contributed by atoms with Crippen molar-refractivity contribution in [1.82, 2.24) is 9.55 Å². The van der Waals surface area contributed by atoms with Gasteiger partial charge in [-0.3, -0.25) is 4.21 Å². The van der Waals surface area contributed by atoms with Gasteiger partial charge in [-0.05, 0) is 25.0 Å². The van der Waals surface area contributed by atoms with Gasteiger partial charge >= 0.3 is 0 Å². The average molecular weight is 313 g/mol. The van der Waals surface area contributed by atoms with Gasteiger partial charge in [0.2, 0.25) is 0 Å². The van der Waals surface area contributed by atoms with Gasteiger partial charge in [-0.1, -0.05) is 19.1 Å². The number of hydrogen-bond acceptors (Lipinski definition) is 2. The summed E-state index contributed by atoms with van der Waals surface area (Å²) in [6.45, 7) is 4.98. The van der Waals surface area contributed by atoms with E-state index in [1.165, 1.54) is 11.1 Å². The van der Waals surface area contributed by atoms with Crippen LogP contribution in [-0.2, 0) is 23.8 Å². The predicted molar refractivity (Wildman–Crippen MR) is 87.0 cm³/mol. The first-order valence-corrected chi connectivity index (χ1v) is 9.03. The molecule has 110 valence electrons. The molecule has 0 saturated heterocycles. The number of para-hydroxylation sites is 1. The number of nitrogens with zero attached hydrogens (tertiary/aromatic N) is 2. The van der Waals surface area contributed by atoms with Crippen LogP contribution in [0.1, 0.15) is 24.7 Å². The van der Waals surface area contributed by atoms with Gasteiger partial charge in [0.1, 0.15) is 5.82 Å². The summed E-state index contributed by atoms with van der Waals surface area (Å²) in [6, 6.07) is 6.17. The summed E-state index contributed by atoms with van der Waals surface area (Å²) in [5, 5.41) is 0.195.